The fourth-order valence-electron chi connectivity index (χ4n) is 3.16. The van der Waals surface area contributed by atoms with E-state index < -0.39 is 10.0 Å². The van der Waals surface area contributed by atoms with Crippen LogP contribution in [0.15, 0.2) is 60.0 Å². The highest BCUT2D eigenvalue weighted by molar-refractivity contribution is 7.92. The van der Waals surface area contributed by atoms with Gasteiger partial charge in [-0.2, -0.15) is 4.31 Å². The van der Waals surface area contributed by atoms with E-state index in [0.29, 0.717) is 37.5 Å². The number of benzene rings is 2. The highest BCUT2D eigenvalue weighted by atomic mass is 35.5. The molecule has 0 saturated carbocycles. The van der Waals surface area contributed by atoms with Crippen LogP contribution >= 0.6 is 11.6 Å². The molecule has 0 spiro atoms. The summed E-state index contributed by atoms with van der Waals surface area (Å²) in [4.78, 5) is 12.4. The van der Waals surface area contributed by atoms with Gasteiger partial charge in [-0.05, 0) is 36.1 Å². The molecular weight excluding hydrogens is 396 g/mol. The molecule has 1 N–H and O–H groups in total. The zero-order valence-corrected chi connectivity index (χ0v) is 17.0. The van der Waals surface area contributed by atoms with Crippen LogP contribution in [0.5, 0.6) is 0 Å². The van der Waals surface area contributed by atoms with Gasteiger partial charge in [0.25, 0.3) is 0 Å². The number of hydrogen-bond acceptors (Lipinski definition) is 3. The molecule has 1 aliphatic rings. The molecule has 0 atom stereocenters. The van der Waals surface area contributed by atoms with Crippen molar-refractivity contribution in [2.75, 3.05) is 13.1 Å². The molecule has 1 amide bonds. The molecule has 7 heteroatoms. The van der Waals surface area contributed by atoms with Gasteiger partial charge < -0.3 is 5.32 Å². The first kappa shape index (κ1) is 20.6. The second kappa shape index (κ2) is 9.37. The first-order chi connectivity index (χ1) is 13.5. The number of hydrogen-bond donors (Lipinski definition) is 1. The van der Waals surface area contributed by atoms with Crippen LogP contribution in [0.1, 0.15) is 24.0 Å². The van der Waals surface area contributed by atoms with E-state index in [9.17, 15) is 13.2 Å². The lowest BCUT2D eigenvalue weighted by Crippen LogP contribution is -2.42. The van der Waals surface area contributed by atoms with Crippen molar-refractivity contribution in [3.8, 4) is 0 Å². The highest BCUT2D eigenvalue weighted by Crippen LogP contribution is 2.22. The minimum atomic E-state index is -3.49. The molecule has 0 aromatic heterocycles. The first-order valence-corrected chi connectivity index (χ1v) is 11.1. The third-order valence-corrected chi connectivity index (χ3v) is 6.76. The van der Waals surface area contributed by atoms with Gasteiger partial charge in [-0.3, -0.25) is 4.79 Å². The molecule has 1 fully saturated rings. The molecule has 5 nitrogen and oxygen atoms in total. The monoisotopic (exact) mass is 418 g/mol. The van der Waals surface area contributed by atoms with Gasteiger partial charge in [-0.25, -0.2) is 8.42 Å². The van der Waals surface area contributed by atoms with Gasteiger partial charge in [0.1, 0.15) is 0 Å². The van der Waals surface area contributed by atoms with Gasteiger partial charge in [-0.1, -0.05) is 60.1 Å². The van der Waals surface area contributed by atoms with Gasteiger partial charge in [0.15, 0.2) is 0 Å². The van der Waals surface area contributed by atoms with Gasteiger partial charge in [0.2, 0.25) is 15.9 Å². The standard InChI is InChI=1S/C21H23ClN2O3S/c22-20-9-5-4-8-19(20)16-23-21(25)18-10-13-24(14-11-18)28(26,27)15-12-17-6-2-1-3-7-17/h1-9,12,15,18H,10-11,13-14,16H2,(H,23,25). The van der Waals surface area contributed by atoms with E-state index in [4.69, 9.17) is 11.6 Å². The maximum absolute atomic E-state index is 12.5. The highest BCUT2D eigenvalue weighted by Gasteiger charge is 2.29. The summed E-state index contributed by atoms with van der Waals surface area (Å²) in [5.41, 5.74) is 1.70. The summed E-state index contributed by atoms with van der Waals surface area (Å²) in [5.74, 6) is -0.246. The zero-order chi connectivity index (χ0) is 20.0. The van der Waals surface area contributed by atoms with Crippen LogP contribution in [-0.4, -0.2) is 31.7 Å². The van der Waals surface area contributed by atoms with Crippen LogP contribution in [-0.2, 0) is 21.4 Å². The average molecular weight is 419 g/mol. The molecule has 3 rings (SSSR count). The molecular formula is C21H23ClN2O3S. The van der Waals surface area contributed by atoms with E-state index >= 15 is 0 Å². The van der Waals surface area contributed by atoms with E-state index in [2.05, 4.69) is 5.32 Å². The molecule has 0 radical (unpaired) electrons. The predicted molar refractivity (Wildman–Crippen MR) is 112 cm³/mol. The quantitative estimate of drug-likeness (QED) is 0.778. The number of nitrogens with one attached hydrogen (secondary N) is 1. The number of nitrogens with zero attached hydrogens (tertiary/aromatic N) is 1. The molecule has 2 aromatic carbocycles. The van der Waals surface area contributed by atoms with E-state index in [1.54, 1.807) is 12.1 Å². The number of carbonyl (C=O) groups is 1. The molecule has 1 saturated heterocycles. The summed E-state index contributed by atoms with van der Waals surface area (Å²) in [6.07, 6.45) is 2.61. The van der Waals surface area contributed by atoms with Crippen LogP contribution in [0.3, 0.4) is 0 Å². The minimum Gasteiger partial charge on any atom is -0.352 e. The fourth-order valence-corrected chi connectivity index (χ4v) is 4.58. The van der Waals surface area contributed by atoms with Crippen molar-refractivity contribution >= 4 is 33.6 Å². The van der Waals surface area contributed by atoms with Crippen molar-refractivity contribution in [1.29, 1.82) is 0 Å². The third-order valence-electron chi connectivity index (χ3n) is 4.83. The second-order valence-corrected chi connectivity index (χ2v) is 8.97. The largest absolute Gasteiger partial charge is 0.352 e. The van der Waals surface area contributed by atoms with Crippen molar-refractivity contribution in [3.63, 3.8) is 0 Å². The van der Waals surface area contributed by atoms with Crippen LogP contribution in [0.25, 0.3) is 6.08 Å². The van der Waals surface area contributed by atoms with E-state index in [1.165, 1.54) is 9.71 Å². The minimum absolute atomic E-state index is 0.0585. The molecule has 148 valence electrons. The number of amides is 1. The van der Waals surface area contributed by atoms with Crippen molar-refractivity contribution in [2.45, 2.75) is 19.4 Å². The SMILES string of the molecule is O=C(NCc1ccccc1Cl)C1CCN(S(=O)(=O)C=Cc2ccccc2)CC1. The van der Waals surface area contributed by atoms with Crippen LogP contribution in [0.4, 0.5) is 0 Å². The molecule has 28 heavy (non-hydrogen) atoms. The van der Waals surface area contributed by atoms with Crippen molar-refractivity contribution in [1.82, 2.24) is 9.62 Å². The predicted octanol–water partition coefficient (Wildman–Crippen LogP) is 3.67. The first-order valence-electron chi connectivity index (χ1n) is 9.20. The lowest BCUT2D eigenvalue weighted by molar-refractivity contribution is -0.126. The third kappa shape index (κ3) is 5.44. The Morgan fingerprint density at radius 2 is 1.71 bits per heavy atom. The molecule has 1 aliphatic heterocycles. The Labute approximate surface area is 171 Å². The van der Waals surface area contributed by atoms with Gasteiger partial charge in [0.05, 0.1) is 0 Å². The van der Waals surface area contributed by atoms with Crippen molar-refractivity contribution < 1.29 is 13.2 Å². The van der Waals surface area contributed by atoms with Crippen LogP contribution in [0.2, 0.25) is 5.02 Å². The second-order valence-electron chi connectivity index (χ2n) is 6.74. The van der Waals surface area contributed by atoms with Crippen molar-refractivity contribution in [3.05, 3.63) is 76.2 Å². The summed E-state index contributed by atoms with van der Waals surface area (Å²) < 4.78 is 26.4. The lowest BCUT2D eigenvalue weighted by atomic mass is 9.97. The van der Waals surface area contributed by atoms with Crippen LogP contribution in [0, 0.1) is 5.92 Å². The Morgan fingerprint density at radius 3 is 2.39 bits per heavy atom. The maximum atomic E-state index is 12.5. The smallest absolute Gasteiger partial charge is 0.236 e. The van der Waals surface area contributed by atoms with Gasteiger partial charge in [-0.15, -0.1) is 0 Å². The van der Waals surface area contributed by atoms with E-state index in [0.717, 1.165) is 11.1 Å². The molecule has 0 unspecified atom stereocenters. The summed E-state index contributed by atoms with van der Waals surface area (Å²) in [6, 6.07) is 16.7. The average Bonchev–Trinajstić information content (AvgIpc) is 2.72. The summed E-state index contributed by atoms with van der Waals surface area (Å²) in [6.45, 7) is 1.05. The molecule has 2 aromatic rings. The molecule has 1 heterocycles. The zero-order valence-electron chi connectivity index (χ0n) is 15.4. The Balaban J connectivity index is 1.51. The van der Waals surface area contributed by atoms with E-state index in [-0.39, 0.29) is 11.8 Å². The Bertz CT molecular complexity index is 937. The topological polar surface area (TPSA) is 66.5 Å². The Hall–Kier alpha value is -2.15. The Kier molecular flexibility index (Phi) is 6.88. The summed E-state index contributed by atoms with van der Waals surface area (Å²) >= 11 is 6.11. The maximum Gasteiger partial charge on any atom is 0.236 e. The number of halogens is 1. The number of rotatable bonds is 6. The van der Waals surface area contributed by atoms with E-state index in [1.807, 2.05) is 48.5 Å². The number of carbonyl (C=O) groups excluding carboxylic acids is 1. The lowest BCUT2D eigenvalue weighted by Gasteiger charge is -2.29. The molecule has 0 aliphatic carbocycles. The van der Waals surface area contributed by atoms with Gasteiger partial charge >= 0.3 is 0 Å². The Morgan fingerprint density at radius 1 is 1.07 bits per heavy atom. The fraction of sp³-hybridized carbons (Fsp3) is 0.286. The van der Waals surface area contributed by atoms with Crippen molar-refractivity contribution in [2.24, 2.45) is 5.92 Å². The summed E-state index contributed by atoms with van der Waals surface area (Å²) in [5, 5.41) is 4.76. The number of piperidine rings is 1. The molecule has 0 bridgehead atoms. The summed E-state index contributed by atoms with van der Waals surface area (Å²) in [7, 11) is -3.49. The van der Waals surface area contributed by atoms with Crippen LogP contribution < -0.4 is 5.32 Å². The normalized spacial score (nSPS) is 16.3. The van der Waals surface area contributed by atoms with Gasteiger partial charge in [0, 0.05) is 36.0 Å². The number of sulfonamides is 1.